The van der Waals surface area contributed by atoms with Crippen LogP contribution in [0.25, 0.3) is 10.8 Å². The lowest BCUT2D eigenvalue weighted by molar-refractivity contribution is -0.383. The molecule has 1 saturated heterocycles. The average molecular weight is 376 g/mol. The van der Waals surface area contributed by atoms with Gasteiger partial charge < -0.3 is 10.2 Å². The molecule has 0 spiro atoms. The summed E-state index contributed by atoms with van der Waals surface area (Å²) in [5, 5.41) is 15.7. The van der Waals surface area contributed by atoms with Gasteiger partial charge in [-0.2, -0.15) is 0 Å². The Balaban J connectivity index is 1.54. The van der Waals surface area contributed by atoms with Crippen molar-refractivity contribution in [3.05, 3.63) is 76.1 Å². The number of benzene rings is 2. The molecule has 1 aliphatic heterocycles. The fourth-order valence-electron chi connectivity index (χ4n) is 3.59. The Labute approximate surface area is 162 Å². The molecule has 0 radical (unpaired) electrons. The predicted molar refractivity (Wildman–Crippen MR) is 107 cm³/mol. The van der Waals surface area contributed by atoms with Gasteiger partial charge in [-0.15, -0.1) is 0 Å². The van der Waals surface area contributed by atoms with Crippen molar-refractivity contribution in [3.8, 4) is 0 Å². The second-order valence-electron chi connectivity index (χ2n) is 7.04. The number of anilines is 1. The molecule has 2 heterocycles. The smallest absolute Gasteiger partial charge is 0.278 e. The summed E-state index contributed by atoms with van der Waals surface area (Å²) in [6.45, 7) is 3.30. The van der Waals surface area contributed by atoms with Gasteiger partial charge in [0, 0.05) is 42.6 Å². The molecule has 0 saturated carbocycles. The SMILES string of the molecule is Cc1ccc(CN2CCC(Nc3ccc([N+](=O)[O-])c4cnccc34)C2=O)cc1. The highest BCUT2D eigenvalue weighted by atomic mass is 16.6. The van der Waals surface area contributed by atoms with E-state index in [2.05, 4.69) is 10.3 Å². The molecule has 28 heavy (non-hydrogen) atoms. The summed E-state index contributed by atoms with van der Waals surface area (Å²) in [6.07, 6.45) is 3.77. The van der Waals surface area contributed by atoms with E-state index in [9.17, 15) is 14.9 Å². The first-order chi connectivity index (χ1) is 13.5. The van der Waals surface area contributed by atoms with E-state index in [1.807, 2.05) is 36.1 Å². The first-order valence-corrected chi connectivity index (χ1v) is 9.15. The van der Waals surface area contributed by atoms with Crippen molar-refractivity contribution in [1.82, 2.24) is 9.88 Å². The number of nitro benzene ring substituents is 1. The topological polar surface area (TPSA) is 88.4 Å². The van der Waals surface area contributed by atoms with Gasteiger partial charge in [-0.05, 0) is 31.0 Å². The van der Waals surface area contributed by atoms with E-state index in [1.165, 1.54) is 17.8 Å². The number of aromatic nitrogens is 1. The molecule has 1 atom stereocenters. The van der Waals surface area contributed by atoms with Crippen LogP contribution in [0.5, 0.6) is 0 Å². The Morgan fingerprint density at radius 1 is 1.18 bits per heavy atom. The zero-order chi connectivity index (χ0) is 19.7. The Kier molecular flexibility index (Phi) is 4.65. The van der Waals surface area contributed by atoms with Crippen LogP contribution in [0.4, 0.5) is 11.4 Å². The highest BCUT2D eigenvalue weighted by molar-refractivity contribution is 6.00. The first-order valence-electron chi connectivity index (χ1n) is 9.15. The van der Waals surface area contributed by atoms with Crippen molar-refractivity contribution in [2.75, 3.05) is 11.9 Å². The molecule has 142 valence electrons. The molecule has 4 rings (SSSR count). The second-order valence-corrected chi connectivity index (χ2v) is 7.04. The Morgan fingerprint density at radius 3 is 2.71 bits per heavy atom. The Bertz CT molecular complexity index is 1050. The number of rotatable bonds is 5. The van der Waals surface area contributed by atoms with Crippen LogP contribution in [-0.2, 0) is 11.3 Å². The molecule has 3 aromatic rings. The van der Waals surface area contributed by atoms with E-state index in [0.717, 1.165) is 5.56 Å². The number of nitrogens with zero attached hydrogens (tertiary/aromatic N) is 3. The average Bonchev–Trinajstić information content (AvgIpc) is 3.03. The summed E-state index contributed by atoms with van der Waals surface area (Å²) in [5.74, 6) is 0.0427. The summed E-state index contributed by atoms with van der Waals surface area (Å²) in [5.41, 5.74) is 3.01. The van der Waals surface area contributed by atoms with Crippen LogP contribution in [0.15, 0.2) is 54.9 Å². The summed E-state index contributed by atoms with van der Waals surface area (Å²) >= 11 is 0. The van der Waals surface area contributed by atoms with Crippen molar-refractivity contribution < 1.29 is 9.72 Å². The number of amides is 1. The summed E-state index contributed by atoms with van der Waals surface area (Å²) in [6, 6.07) is 12.7. The van der Waals surface area contributed by atoms with E-state index in [1.54, 1.807) is 18.3 Å². The molecule has 1 amide bonds. The number of fused-ring (bicyclic) bond motifs is 1. The number of pyridine rings is 1. The van der Waals surface area contributed by atoms with Gasteiger partial charge in [0.25, 0.3) is 5.69 Å². The van der Waals surface area contributed by atoms with E-state index in [4.69, 9.17) is 0 Å². The molecule has 2 aromatic carbocycles. The molecule has 0 aliphatic carbocycles. The van der Waals surface area contributed by atoms with Crippen LogP contribution >= 0.6 is 0 Å². The lowest BCUT2D eigenvalue weighted by Gasteiger charge is -2.18. The third-order valence-electron chi connectivity index (χ3n) is 5.11. The van der Waals surface area contributed by atoms with Crippen molar-refractivity contribution >= 4 is 28.1 Å². The van der Waals surface area contributed by atoms with Crippen LogP contribution in [0.2, 0.25) is 0 Å². The van der Waals surface area contributed by atoms with Gasteiger partial charge in [0.1, 0.15) is 6.04 Å². The van der Waals surface area contributed by atoms with Gasteiger partial charge >= 0.3 is 0 Å². The van der Waals surface area contributed by atoms with Crippen LogP contribution < -0.4 is 5.32 Å². The van der Waals surface area contributed by atoms with Crippen LogP contribution in [0.3, 0.4) is 0 Å². The van der Waals surface area contributed by atoms with Crippen LogP contribution in [0, 0.1) is 17.0 Å². The van der Waals surface area contributed by atoms with Crippen molar-refractivity contribution in [3.63, 3.8) is 0 Å². The van der Waals surface area contributed by atoms with E-state index < -0.39 is 4.92 Å². The maximum atomic E-state index is 12.8. The summed E-state index contributed by atoms with van der Waals surface area (Å²) in [7, 11) is 0. The monoisotopic (exact) mass is 376 g/mol. The predicted octanol–water partition coefficient (Wildman–Crippen LogP) is 3.66. The van der Waals surface area contributed by atoms with Crippen molar-refractivity contribution in [2.24, 2.45) is 0 Å². The largest absolute Gasteiger partial charge is 0.373 e. The molecule has 1 N–H and O–H groups in total. The van der Waals surface area contributed by atoms with E-state index in [-0.39, 0.29) is 17.6 Å². The molecule has 1 unspecified atom stereocenters. The molecule has 0 bridgehead atoms. The number of non-ortho nitro benzene ring substituents is 1. The molecule has 1 aromatic heterocycles. The number of aryl methyl sites for hydroxylation is 1. The summed E-state index contributed by atoms with van der Waals surface area (Å²) in [4.78, 5) is 29.5. The molecular weight excluding hydrogens is 356 g/mol. The zero-order valence-corrected chi connectivity index (χ0v) is 15.5. The Hall–Kier alpha value is -3.48. The van der Waals surface area contributed by atoms with Gasteiger partial charge in [-0.1, -0.05) is 29.8 Å². The van der Waals surface area contributed by atoms with Gasteiger partial charge in [0.05, 0.1) is 10.3 Å². The minimum atomic E-state index is -0.419. The third-order valence-corrected chi connectivity index (χ3v) is 5.11. The minimum absolute atomic E-state index is 0.00685. The van der Waals surface area contributed by atoms with Crippen molar-refractivity contribution in [1.29, 1.82) is 0 Å². The standard InChI is InChI=1S/C21H20N4O3/c1-14-2-4-15(5-3-14)13-24-11-9-19(21(24)26)23-18-6-7-20(25(27)28)17-12-22-10-8-16(17)18/h2-8,10,12,19,23H,9,11,13H2,1H3. The highest BCUT2D eigenvalue weighted by Crippen LogP contribution is 2.32. The maximum Gasteiger partial charge on any atom is 0.278 e. The Morgan fingerprint density at radius 2 is 1.96 bits per heavy atom. The van der Waals surface area contributed by atoms with E-state index in [0.29, 0.717) is 36.0 Å². The van der Waals surface area contributed by atoms with Crippen LogP contribution in [0.1, 0.15) is 17.5 Å². The highest BCUT2D eigenvalue weighted by Gasteiger charge is 2.32. The number of nitrogens with one attached hydrogen (secondary N) is 1. The van der Waals surface area contributed by atoms with E-state index >= 15 is 0 Å². The van der Waals surface area contributed by atoms with Crippen LogP contribution in [-0.4, -0.2) is 33.3 Å². The zero-order valence-electron chi connectivity index (χ0n) is 15.5. The fourth-order valence-corrected chi connectivity index (χ4v) is 3.59. The molecule has 1 fully saturated rings. The van der Waals surface area contributed by atoms with Gasteiger partial charge in [0.15, 0.2) is 0 Å². The second kappa shape index (κ2) is 7.26. The molecule has 7 nitrogen and oxygen atoms in total. The minimum Gasteiger partial charge on any atom is -0.373 e. The molecular formula is C21H20N4O3. The normalized spacial score (nSPS) is 16.5. The number of carbonyl (C=O) groups excluding carboxylic acids is 1. The number of carbonyl (C=O) groups is 1. The third kappa shape index (κ3) is 3.38. The number of nitro groups is 1. The lowest BCUT2D eigenvalue weighted by Crippen LogP contribution is -2.33. The van der Waals surface area contributed by atoms with Gasteiger partial charge in [0.2, 0.25) is 5.91 Å². The maximum absolute atomic E-state index is 12.8. The summed E-state index contributed by atoms with van der Waals surface area (Å²) < 4.78 is 0. The first kappa shape index (κ1) is 17.9. The number of hydrogen-bond donors (Lipinski definition) is 1. The van der Waals surface area contributed by atoms with Gasteiger partial charge in [-0.3, -0.25) is 19.9 Å². The van der Waals surface area contributed by atoms with Crippen molar-refractivity contribution in [2.45, 2.75) is 25.9 Å². The quantitative estimate of drug-likeness (QED) is 0.542. The molecule has 1 aliphatic rings. The number of likely N-dealkylation sites (tertiary alicyclic amines) is 1. The lowest BCUT2D eigenvalue weighted by atomic mass is 10.1. The van der Waals surface area contributed by atoms with Gasteiger partial charge in [-0.25, -0.2) is 0 Å². The number of hydrogen-bond acceptors (Lipinski definition) is 5. The fraction of sp³-hybridized carbons (Fsp3) is 0.238. The molecule has 7 heteroatoms.